The predicted octanol–water partition coefficient (Wildman–Crippen LogP) is -0.145. The fraction of sp³-hybridized carbons (Fsp3) is 1.00. The van der Waals surface area contributed by atoms with Gasteiger partial charge in [0, 0.05) is 25.7 Å². The number of ether oxygens (including phenoxy) is 1. The van der Waals surface area contributed by atoms with Crippen LogP contribution in [0.1, 0.15) is 25.7 Å². The summed E-state index contributed by atoms with van der Waals surface area (Å²) in [6, 6.07) is 0. The van der Waals surface area contributed by atoms with E-state index in [-0.39, 0.29) is 12.1 Å². The lowest BCUT2D eigenvalue weighted by Crippen LogP contribution is -2.55. The molecule has 2 unspecified atom stereocenters. The van der Waals surface area contributed by atoms with Crippen molar-refractivity contribution in [2.45, 2.75) is 37.3 Å². The second-order valence-corrected chi connectivity index (χ2v) is 4.09. The molecular formula is C10H22N2O2. The number of nitrogens with one attached hydrogen (secondary N) is 1. The average Bonchev–Trinajstić information content (AvgIpc) is 2.26. The number of hydrogen-bond acceptors (Lipinski definition) is 4. The molecule has 0 amide bonds. The molecule has 1 fully saturated rings. The van der Waals surface area contributed by atoms with E-state index < -0.39 is 0 Å². The lowest BCUT2D eigenvalue weighted by Gasteiger charge is -2.40. The first-order valence-electron chi connectivity index (χ1n) is 5.35. The maximum absolute atomic E-state index is 8.80. The Morgan fingerprint density at radius 1 is 1.64 bits per heavy atom. The summed E-state index contributed by atoms with van der Waals surface area (Å²) in [6.45, 7) is 1.40. The topological polar surface area (TPSA) is 67.5 Å². The fourth-order valence-electron chi connectivity index (χ4n) is 2.25. The van der Waals surface area contributed by atoms with Gasteiger partial charge >= 0.3 is 0 Å². The van der Waals surface area contributed by atoms with Gasteiger partial charge in [0.05, 0.1) is 12.7 Å². The van der Waals surface area contributed by atoms with Gasteiger partial charge in [-0.1, -0.05) is 0 Å². The highest BCUT2D eigenvalue weighted by Crippen LogP contribution is 2.28. The number of aliphatic hydroxyl groups excluding tert-OH is 1. The molecular weight excluding hydrogens is 180 g/mol. The van der Waals surface area contributed by atoms with E-state index in [9.17, 15) is 0 Å². The second kappa shape index (κ2) is 5.66. The summed E-state index contributed by atoms with van der Waals surface area (Å²) in [5, 5.41) is 12.1. The van der Waals surface area contributed by atoms with E-state index in [0.29, 0.717) is 19.2 Å². The highest BCUT2D eigenvalue weighted by atomic mass is 16.5. The third-order valence-electron chi connectivity index (χ3n) is 3.14. The van der Waals surface area contributed by atoms with E-state index in [1.54, 1.807) is 7.11 Å². The van der Waals surface area contributed by atoms with Crippen LogP contribution in [0.4, 0.5) is 0 Å². The van der Waals surface area contributed by atoms with Crippen molar-refractivity contribution in [2.75, 3.05) is 26.8 Å². The van der Waals surface area contributed by atoms with Crippen molar-refractivity contribution < 1.29 is 9.84 Å². The summed E-state index contributed by atoms with van der Waals surface area (Å²) < 4.78 is 5.37. The fourth-order valence-corrected chi connectivity index (χ4v) is 2.25. The minimum Gasteiger partial charge on any atom is -0.395 e. The molecule has 1 aliphatic carbocycles. The van der Waals surface area contributed by atoms with Crippen LogP contribution in [0, 0.1) is 0 Å². The standard InChI is InChI=1S/C10H22N2O2/c1-14-9-3-2-4-10(7-9,8-11)12-5-6-13/h9,12-13H,2-8,11H2,1H3. The number of nitrogens with two attached hydrogens (primary N) is 1. The molecule has 0 aromatic rings. The maximum Gasteiger partial charge on any atom is 0.0589 e. The molecule has 4 N–H and O–H groups in total. The van der Waals surface area contributed by atoms with Crippen molar-refractivity contribution in [2.24, 2.45) is 5.73 Å². The molecule has 84 valence electrons. The van der Waals surface area contributed by atoms with Gasteiger partial charge in [-0.05, 0) is 25.7 Å². The third-order valence-corrected chi connectivity index (χ3v) is 3.14. The Labute approximate surface area is 85.8 Å². The minimum absolute atomic E-state index is 0.0122. The first-order valence-corrected chi connectivity index (χ1v) is 5.35. The molecule has 0 aromatic heterocycles. The number of hydrogen-bond donors (Lipinski definition) is 3. The molecule has 0 aliphatic heterocycles. The molecule has 0 aromatic carbocycles. The van der Waals surface area contributed by atoms with Crippen LogP contribution in [0.2, 0.25) is 0 Å². The van der Waals surface area contributed by atoms with Crippen LogP contribution in [0.25, 0.3) is 0 Å². The van der Waals surface area contributed by atoms with Crippen LogP contribution in [0.15, 0.2) is 0 Å². The molecule has 14 heavy (non-hydrogen) atoms. The van der Waals surface area contributed by atoms with Gasteiger partial charge in [-0.15, -0.1) is 0 Å². The van der Waals surface area contributed by atoms with E-state index in [4.69, 9.17) is 15.6 Å². The van der Waals surface area contributed by atoms with E-state index in [2.05, 4.69) is 5.32 Å². The van der Waals surface area contributed by atoms with Crippen LogP contribution in [0.3, 0.4) is 0 Å². The lowest BCUT2D eigenvalue weighted by molar-refractivity contribution is 0.0317. The van der Waals surface area contributed by atoms with Gasteiger partial charge in [0.2, 0.25) is 0 Å². The highest BCUT2D eigenvalue weighted by Gasteiger charge is 2.34. The second-order valence-electron chi connectivity index (χ2n) is 4.09. The van der Waals surface area contributed by atoms with Gasteiger partial charge in [-0.2, -0.15) is 0 Å². The van der Waals surface area contributed by atoms with Crippen LogP contribution in [-0.2, 0) is 4.74 Å². The van der Waals surface area contributed by atoms with E-state index in [1.807, 2.05) is 0 Å². The van der Waals surface area contributed by atoms with Crippen molar-refractivity contribution in [1.82, 2.24) is 5.32 Å². The Morgan fingerprint density at radius 2 is 2.43 bits per heavy atom. The molecule has 0 saturated heterocycles. The van der Waals surface area contributed by atoms with Gasteiger partial charge in [-0.3, -0.25) is 0 Å². The van der Waals surface area contributed by atoms with Crippen molar-refractivity contribution >= 4 is 0 Å². The number of aliphatic hydroxyl groups is 1. The normalized spacial score (nSPS) is 33.2. The number of β-amino-alcohol motifs (C(OH)–C–C–N with tert-alkyl or cyclic N) is 1. The van der Waals surface area contributed by atoms with Gasteiger partial charge in [-0.25, -0.2) is 0 Å². The Morgan fingerprint density at radius 3 is 3.00 bits per heavy atom. The van der Waals surface area contributed by atoms with Gasteiger partial charge < -0.3 is 20.9 Å². The lowest BCUT2D eigenvalue weighted by atomic mass is 9.80. The number of methoxy groups -OCH3 is 1. The van der Waals surface area contributed by atoms with Crippen LogP contribution >= 0.6 is 0 Å². The monoisotopic (exact) mass is 202 g/mol. The summed E-state index contributed by atoms with van der Waals surface area (Å²) in [6.07, 6.45) is 4.63. The van der Waals surface area contributed by atoms with E-state index in [0.717, 1.165) is 25.7 Å². The molecule has 1 rings (SSSR count). The van der Waals surface area contributed by atoms with Crippen molar-refractivity contribution in [1.29, 1.82) is 0 Å². The summed E-state index contributed by atoms with van der Waals surface area (Å²) in [5.74, 6) is 0. The Hall–Kier alpha value is -0.160. The Balaban J connectivity index is 2.49. The zero-order valence-electron chi connectivity index (χ0n) is 8.96. The summed E-state index contributed by atoms with van der Waals surface area (Å²) in [4.78, 5) is 0. The highest BCUT2D eigenvalue weighted by molar-refractivity contribution is 4.94. The molecule has 4 heteroatoms. The molecule has 0 radical (unpaired) electrons. The molecule has 0 heterocycles. The Bertz CT molecular complexity index is 166. The summed E-state index contributed by atoms with van der Waals surface area (Å²) in [7, 11) is 1.75. The van der Waals surface area contributed by atoms with Crippen molar-refractivity contribution in [3.8, 4) is 0 Å². The molecule has 1 saturated carbocycles. The third kappa shape index (κ3) is 2.92. The van der Waals surface area contributed by atoms with Gasteiger partial charge in [0.15, 0.2) is 0 Å². The van der Waals surface area contributed by atoms with Crippen LogP contribution in [0.5, 0.6) is 0 Å². The Kier molecular flexibility index (Phi) is 4.81. The smallest absolute Gasteiger partial charge is 0.0589 e. The summed E-state index contributed by atoms with van der Waals surface area (Å²) >= 11 is 0. The first-order chi connectivity index (χ1) is 6.76. The quantitative estimate of drug-likeness (QED) is 0.580. The largest absolute Gasteiger partial charge is 0.395 e. The first kappa shape index (κ1) is 11.9. The average molecular weight is 202 g/mol. The molecule has 4 nitrogen and oxygen atoms in total. The van der Waals surface area contributed by atoms with Crippen molar-refractivity contribution in [3.63, 3.8) is 0 Å². The zero-order chi connectivity index (χ0) is 10.4. The summed E-state index contributed by atoms with van der Waals surface area (Å²) in [5.41, 5.74) is 5.78. The van der Waals surface area contributed by atoms with Crippen LogP contribution < -0.4 is 11.1 Å². The molecule has 0 bridgehead atoms. The molecule has 2 atom stereocenters. The number of rotatable bonds is 5. The van der Waals surface area contributed by atoms with E-state index in [1.165, 1.54) is 0 Å². The maximum atomic E-state index is 8.80. The minimum atomic E-state index is -0.0122. The molecule has 1 aliphatic rings. The SMILES string of the molecule is COC1CCCC(CN)(NCCO)C1. The molecule has 0 spiro atoms. The van der Waals surface area contributed by atoms with Crippen LogP contribution in [-0.4, -0.2) is 43.6 Å². The van der Waals surface area contributed by atoms with Gasteiger partial charge in [0.25, 0.3) is 0 Å². The van der Waals surface area contributed by atoms with E-state index >= 15 is 0 Å². The van der Waals surface area contributed by atoms with Crippen molar-refractivity contribution in [3.05, 3.63) is 0 Å². The van der Waals surface area contributed by atoms with Gasteiger partial charge in [0.1, 0.15) is 0 Å². The zero-order valence-corrected chi connectivity index (χ0v) is 8.96. The predicted molar refractivity (Wildman–Crippen MR) is 56.1 cm³/mol.